The summed E-state index contributed by atoms with van der Waals surface area (Å²) >= 11 is 2.26. The lowest BCUT2D eigenvalue weighted by Crippen LogP contribution is -2.03. The van der Waals surface area contributed by atoms with Crippen LogP contribution in [0, 0.1) is 33.2 Å². The van der Waals surface area contributed by atoms with Crippen LogP contribution in [0.5, 0.6) is 0 Å². The number of hydrogen-bond acceptors (Lipinski definition) is 4. The summed E-state index contributed by atoms with van der Waals surface area (Å²) in [6.45, 7) is 3.76. The van der Waals surface area contributed by atoms with Gasteiger partial charge in [-0.3, -0.25) is 0 Å². The fraction of sp³-hybridized carbons (Fsp3) is 0.105. The molecular formula is C19H13IN4. The Hall–Kier alpha value is -2.64. The van der Waals surface area contributed by atoms with Gasteiger partial charge >= 0.3 is 0 Å². The first-order valence-corrected chi connectivity index (χ1v) is 8.35. The monoisotopic (exact) mass is 424 g/mol. The Morgan fingerprint density at radius 3 is 2.38 bits per heavy atom. The third kappa shape index (κ3) is 2.47. The average molecular weight is 424 g/mol. The summed E-state index contributed by atoms with van der Waals surface area (Å²) in [5.74, 6) is 0.171. The molecule has 4 nitrogen and oxygen atoms in total. The molecule has 1 aromatic carbocycles. The number of nitrogens with two attached hydrogens (primary N) is 1. The Labute approximate surface area is 154 Å². The lowest BCUT2D eigenvalue weighted by Gasteiger charge is -2.11. The molecule has 1 aromatic heterocycles. The quantitative estimate of drug-likeness (QED) is 0.692. The van der Waals surface area contributed by atoms with Crippen LogP contribution in [0.1, 0.15) is 34.9 Å². The number of fused-ring (bicyclic) bond motifs is 1. The summed E-state index contributed by atoms with van der Waals surface area (Å²) in [5, 5.41) is 18.9. The summed E-state index contributed by atoms with van der Waals surface area (Å²) < 4.78 is 1.16. The highest BCUT2D eigenvalue weighted by Crippen LogP contribution is 2.44. The molecule has 5 heteroatoms. The van der Waals surface area contributed by atoms with Gasteiger partial charge in [0.2, 0.25) is 0 Å². The number of aromatic nitrogens is 1. The van der Waals surface area contributed by atoms with Crippen LogP contribution < -0.4 is 5.73 Å². The van der Waals surface area contributed by atoms with Crippen LogP contribution in [0.25, 0.3) is 17.2 Å². The van der Waals surface area contributed by atoms with E-state index in [9.17, 15) is 10.5 Å². The van der Waals surface area contributed by atoms with Gasteiger partial charge in [-0.2, -0.15) is 10.5 Å². The third-order valence-corrected chi connectivity index (χ3v) is 4.88. The van der Waals surface area contributed by atoms with Gasteiger partial charge in [0.1, 0.15) is 18.0 Å². The topological polar surface area (TPSA) is 86.5 Å². The van der Waals surface area contributed by atoms with E-state index in [1.165, 1.54) is 0 Å². The molecule has 116 valence electrons. The molecule has 1 heterocycles. The van der Waals surface area contributed by atoms with E-state index in [1.54, 1.807) is 0 Å². The second kappa shape index (κ2) is 6.10. The maximum Gasteiger partial charge on any atom is 0.142 e. The maximum atomic E-state index is 9.53. The zero-order valence-electron chi connectivity index (χ0n) is 13.2. The van der Waals surface area contributed by atoms with Gasteiger partial charge in [-0.05, 0) is 76.9 Å². The Morgan fingerprint density at radius 1 is 1.12 bits per heavy atom. The highest BCUT2D eigenvalue weighted by atomic mass is 127. The van der Waals surface area contributed by atoms with Crippen LogP contribution in [-0.4, -0.2) is 4.98 Å². The van der Waals surface area contributed by atoms with E-state index in [1.807, 2.05) is 44.2 Å². The fourth-order valence-corrected chi connectivity index (χ4v) is 3.28. The number of nitrogen functional groups attached to an aromatic ring is 1. The normalized spacial score (nSPS) is 14.5. The van der Waals surface area contributed by atoms with Crippen LogP contribution in [0.2, 0.25) is 0 Å². The summed E-state index contributed by atoms with van der Waals surface area (Å²) in [7, 11) is 0. The van der Waals surface area contributed by atoms with E-state index >= 15 is 0 Å². The number of nitrogens with zero attached hydrogens (tertiary/aromatic N) is 3. The molecule has 0 saturated carbocycles. The van der Waals surface area contributed by atoms with Crippen molar-refractivity contribution < 1.29 is 0 Å². The van der Waals surface area contributed by atoms with Crippen LogP contribution in [0.15, 0.2) is 29.8 Å². The predicted molar refractivity (Wildman–Crippen MR) is 103 cm³/mol. The largest absolute Gasteiger partial charge is 0.383 e. The molecule has 0 aliphatic heterocycles. The molecule has 0 amide bonds. The molecule has 0 fully saturated rings. The van der Waals surface area contributed by atoms with Crippen LogP contribution in [-0.2, 0) is 0 Å². The van der Waals surface area contributed by atoms with Gasteiger partial charge in [0.15, 0.2) is 0 Å². The number of hydrogen-bond donors (Lipinski definition) is 1. The number of nitriles is 2. The van der Waals surface area contributed by atoms with Crippen LogP contribution in [0.4, 0.5) is 5.82 Å². The molecular weight excluding hydrogens is 411 g/mol. The van der Waals surface area contributed by atoms with Crippen molar-refractivity contribution in [3.05, 3.63) is 61.4 Å². The molecule has 0 bridgehead atoms. The lowest BCUT2D eigenvalue weighted by atomic mass is 9.95. The van der Waals surface area contributed by atoms with Crippen LogP contribution >= 0.6 is 22.6 Å². The number of halogens is 1. The summed E-state index contributed by atoms with van der Waals surface area (Å²) in [6.07, 6.45) is 2.03. The Morgan fingerprint density at radius 2 is 1.79 bits per heavy atom. The zero-order valence-corrected chi connectivity index (χ0v) is 15.3. The summed E-state index contributed by atoms with van der Waals surface area (Å²) in [6, 6.07) is 12.4. The molecule has 0 unspecified atom stereocenters. The molecule has 1 aliphatic carbocycles. The third-order valence-electron chi connectivity index (χ3n) is 4.16. The van der Waals surface area contributed by atoms with Crippen LogP contribution in [0.3, 0.4) is 0 Å². The Kier molecular flexibility index (Phi) is 4.13. The van der Waals surface area contributed by atoms with E-state index in [4.69, 9.17) is 5.73 Å². The lowest BCUT2D eigenvalue weighted by molar-refractivity contribution is 1.22. The van der Waals surface area contributed by atoms with Crippen molar-refractivity contribution in [2.45, 2.75) is 13.8 Å². The number of pyridine rings is 1. The minimum absolute atomic E-state index is 0.171. The standard InChI is InChI=1S/C19H13IN4/c1-10-14(7-12-3-5-13(20)6-4-12)17-11(2)16(9-22)19(23)24-18(17)15(10)8-21/h3-7H,1-2H3,(H2,23,24)/b14-7+. The van der Waals surface area contributed by atoms with Crippen molar-refractivity contribution in [1.82, 2.24) is 4.98 Å². The molecule has 24 heavy (non-hydrogen) atoms. The van der Waals surface area contributed by atoms with E-state index in [-0.39, 0.29) is 5.82 Å². The zero-order chi connectivity index (χ0) is 17.4. The molecule has 0 radical (unpaired) electrons. The van der Waals surface area contributed by atoms with Crippen molar-refractivity contribution in [2.24, 2.45) is 0 Å². The van der Waals surface area contributed by atoms with Gasteiger partial charge in [-0.15, -0.1) is 0 Å². The smallest absolute Gasteiger partial charge is 0.142 e. The summed E-state index contributed by atoms with van der Waals surface area (Å²) in [4.78, 5) is 4.33. The number of rotatable bonds is 1. The Bertz CT molecular complexity index is 1000. The molecule has 1 aliphatic rings. The highest BCUT2D eigenvalue weighted by molar-refractivity contribution is 14.1. The second-order valence-corrected chi connectivity index (χ2v) is 6.80. The maximum absolute atomic E-state index is 9.53. The molecule has 2 N–H and O–H groups in total. The first-order chi connectivity index (χ1) is 11.5. The minimum Gasteiger partial charge on any atom is -0.383 e. The van der Waals surface area contributed by atoms with Crippen molar-refractivity contribution >= 4 is 45.6 Å². The van der Waals surface area contributed by atoms with Crippen molar-refractivity contribution in [2.75, 3.05) is 5.73 Å². The first-order valence-electron chi connectivity index (χ1n) is 7.27. The molecule has 2 aromatic rings. The summed E-state index contributed by atoms with van der Waals surface area (Å²) in [5.41, 5.74) is 11.8. The first kappa shape index (κ1) is 16.2. The van der Waals surface area contributed by atoms with Crippen molar-refractivity contribution in [1.29, 1.82) is 10.5 Å². The molecule has 0 atom stereocenters. The van der Waals surface area contributed by atoms with E-state index < -0.39 is 0 Å². The average Bonchev–Trinajstić information content (AvgIpc) is 2.81. The van der Waals surface area contributed by atoms with Gasteiger partial charge in [-0.1, -0.05) is 12.1 Å². The van der Waals surface area contributed by atoms with Gasteiger partial charge in [0.05, 0.1) is 16.8 Å². The van der Waals surface area contributed by atoms with E-state index in [0.717, 1.165) is 31.4 Å². The number of anilines is 1. The molecule has 0 spiro atoms. The minimum atomic E-state index is 0.171. The SMILES string of the molecule is CC1=C(C#N)c2nc(N)c(C#N)c(C)c2/C1=C/c1ccc(I)cc1. The molecule has 3 rings (SSSR count). The number of allylic oxidation sites excluding steroid dienone is 3. The van der Waals surface area contributed by atoms with Crippen molar-refractivity contribution in [3.8, 4) is 12.1 Å². The second-order valence-electron chi connectivity index (χ2n) is 5.55. The Balaban J connectivity index is 2.31. The molecule has 0 saturated heterocycles. The highest BCUT2D eigenvalue weighted by Gasteiger charge is 2.29. The van der Waals surface area contributed by atoms with Gasteiger partial charge < -0.3 is 5.73 Å². The van der Waals surface area contributed by atoms with Gasteiger partial charge in [0.25, 0.3) is 0 Å². The fourth-order valence-electron chi connectivity index (χ4n) is 2.92. The van der Waals surface area contributed by atoms with Crippen molar-refractivity contribution in [3.63, 3.8) is 0 Å². The van der Waals surface area contributed by atoms with Gasteiger partial charge in [-0.25, -0.2) is 4.98 Å². The van der Waals surface area contributed by atoms with E-state index in [2.05, 4.69) is 39.7 Å². The van der Waals surface area contributed by atoms with Gasteiger partial charge in [0, 0.05) is 9.13 Å². The van der Waals surface area contributed by atoms with E-state index in [0.29, 0.717) is 16.8 Å². The predicted octanol–water partition coefficient (Wildman–Crippen LogP) is 4.30. The number of benzene rings is 1.